The fourth-order valence-corrected chi connectivity index (χ4v) is 5.08. The maximum Gasteiger partial charge on any atom is 0.243 e. The molecule has 0 aromatic heterocycles. The third-order valence-electron chi connectivity index (χ3n) is 4.86. The van der Waals surface area contributed by atoms with Crippen molar-refractivity contribution >= 4 is 56.4 Å². The van der Waals surface area contributed by atoms with Crippen molar-refractivity contribution in [2.75, 3.05) is 31.5 Å². The van der Waals surface area contributed by atoms with E-state index in [9.17, 15) is 13.2 Å². The summed E-state index contributed by atoms with van der Waals surface area (Å²) >= 11 is 17.9. The van der Waals surface area contributed by atoms with E-state index in [1.165, 1.54) is 22.5 Å². The Morgan fingerprint density at radius 1 is 0.966 bits per heavy atom. The van der Waals surface area contributed by atoms with Gasteiger partial charge < -0.3 is 5.32 Å². The van der Waals surface area contributed by atoms with Crippen LogP contribution in [0.2, 0.25) is 15.1 Å². The van der Waals surface area contributed by atoms with E-state index in [0.717, 1.165) is 0 Å². The molecular weight excluding hydrogens is 457 g/mol. The van der Waals surface area contributed by atoms with Gasteiger partial charge in [0.25, 0.3) is 0 Å². The molecule has 0 bridgehead atoms. The number of amides is 1. The summed E-state index contributed by atoms with van der Waals surface area (Å²) in [4.78, 5) is 14.6. The number of halogens is 3. The lowest BCUT2D eigenvalue weighted by atomic mass is 10.2. The van der Waals surface area contributed by atoms with Gasteiger partial charge in [-0.3, -0.25) is 9.69 Å². The Balaban J connectivity index is 1.62. The van der Waals surface area contributed by atoms with Gasteiger partial charge in [-0.25, -0.2) is 8.42 Å². The molecule has 1 aliphatic heterocycles. The van der Waals surface area contributed by atoms with Crippen LogP contribution in [-0.4, -0.2) is 55.8 Å². The summed E-state index contributed by atoms with van der Waals surface area (Å²) in [6, 6.07) is 10.8. The van der Waals surface area contributed by atoms with E-state index >= 15 is 0 Å². The predicted octanol–water partition coefficient (Wildman–Crippen LogP) is 3.98. The first-order chi connectivity index (χ1) is 13.7. The van der Waals surface area contributed by atoms with Crippen LogP contribution in [-0.2, 0) is 14.8 Å². The van der Waals surface area contributed by atoms with Gasteiger partial charge in [0.15, 0.2) is 0 Å². The molecule has 6 nitrogen and oxygen atoms in total. The summed E-state index contributed by atoms with van der Waals surface area (Å²) < 4.78 is 27.1. The number of nitrogens with one attached hydrogen (secondary N) is 1. The quantitative estimate of drug-likeness (QED) is 0.709. The molecular formula is C19H20Cl3N3O3S. The Morgan fingerprint density at radius 3 is 2.24 bits per heavy atom. The van der Waals surface area contributed by atoms with Gasteiger partial charge in [0.2, 0.25) is 15.9 Å². The summed E-state index contributed by atoms with van der Waals surface area (Å²) in [5.74, 6) is -0.195. The monoisotopic (exact) mass is 475 g/mol. The molecule has 1 aliphatic rings. The van der Waals surface area contributed by atoms with Crippen molar-refractivity contribution in [3.8, 4) is 0 Å². The number of sulfonamides is 1. The second kappa shape index (κ2) is 9.20. The van der Waals surface area contributed by atoms with E-state index in [4.69, 9.17) is 34.8 Å². The van der Waals surface area contributed by atoms with Gasteiger partial charge in [-0.2, -0.15) is 4.31 Å². The number of nitrogens with zero attached hydrogens (tertiary/aromatic N) is 2. The van der Waals surface area contributed by atoms with Crippen LogP contribution in [0.15, 0.2) is 47.4 Å². The maximum absolute atomic E-state index is 12.9. The summed E-state index contributed by atoms with van der Waals surface area (Å²) in [5.41, 5.74) is 0.548. The van der Waals surface area contributed by atoms with Gasteiger partial charge in [0, 0.05) is 26.2 Å². The molecule has 29 heavy (non-hydrogen) atoms. The molecule has 1 heterocycles. The highest BCUT2D eigenvalue weighted by molar-refractivity contribution is 7.89. The maximum atomic E-state index is 12.9. The van der Waals surface area contributed by atoms with Crippen molar-refractivity contribution < 1.29 is 13.2 Å². The molecule has 0 saturated carbocycles. The average Bonchev–Trinajstić information content (AvgIpc) is 2.71. The second-order valence-electron chi connectivity index (χ2n) is 6.66. The number of piperazine rings is 1. The number of hydrogen-bond acceptors (Lipinski definition) is 4. The molecule has 0 radical (unpaired) electrons. The number of carbonyl (C=O) groups excluding carboxylic acids is 1. The molecule has 1 saturated heterocycles. The van der Waals surface area contributed by atoms with Crippen molar-refractivity contribution in [1.82, 2.24) is 9.21 Å². The molecule has 1 amide bonds. The van der Waals surface area contributed by atoms with Crippen molar-refractivity contribution in [2.45, 2.75) is 17.9 Å². The summed E-state index contributed by atoms with van der Waals surface area (Å²) in [6.07, 6.45) is 0. The molecule has 1 fully saturated rings. The zero-order chi connectivity index (χ0) is 21.2. The molecule has 10 heteroatoms. The third kappa shape index (κ3) is 5.05. The summed E-state index contributed by atoms with van der Waals surface area (Å²) in [6.45, 7) is 3.18. The third-order valence-corrected chi connectivity index (χ3v) is 7.82. The van der Waals surface area contributed by atoms with E-state index in [1.807, 2.05) is 4.90 Å². The molecule has 3 rings (SSSR count). The Kier molecular flexibility index (Phi) is 7.09. The number of para-hydroxylation sites is 1. The van der Waals surface area contributed by atoms with Gasteiger partial charge in [-0.1, -0.05) is 46.9 Å². The average molecular weight is 477 g/mol. The first-order valence-corrected chi connectivity index (χ1v) is 11.5. The highest BCUT2D eigenvalue weighted by Crippen LogP contribution is 2.27. The highest BCUT2D eigenvalue weighted by atomic mass is 35.5. The largest absolute Gasteiger partial charge is 0.323 e. The minimum Gasteiger partial charge on any atom is -0.323 e. The van der Waals surface area contributed by atoms with Crippen molar-refractivity contribution in [3.63, 3.8) is 0 Å². The zero-order valence-corrected chi connectivity index (χ0v) is 18.7. The summed E-state index contributed by atoms with van der Waals surface area (Å²) in [7, 11) is -3.68. The molecule has 1 atom stereocenters. The standard InChI is InChI=1S/C19H20Cl3N3O3S/c1-13(19(26)23-18-5-3-2-4-16(18)21)24-8-10-25(11-9-24)29(27,28)14-6-7-15(20)17(22)12-14/h2-7,12-13H,8-11H2,1H3,(H,23,26). The van der Waals surface area contributed by atoms with Crippen LogP contribution in [0.25, 0.3) is 0 Å². The van der Waals surface area contributed by atoms with Crippen LogP contribution in [0.4, 0.5) is 5.69 Å². The minimum atomic E-state index is -3.68. The number of rotatable bonds is 5. The SMILES string of the molecule is CC(C(=O)Nc1ccccc1Cl)N1CCN(S(=O)(=O)c2ccc(Cl)c(Cl)c2)CC1. The Bertz CT molecular complexity index is 1010. The van der Waals surface area contributed by atoms with Crippen LogP contribution < -0.4 is 5.32 Å². The fourth-order valence-electron chi connectivity index (χ4n) is 3.08. The normalized spacial score (nSPS) is 17.1. The molecule has 0 aliphatic carbocycles. The van der Waals surface area contributed by atoms with Gasteiger partial charge in [-0.05, 0) is 37.3 Å². The first-order valence-electron chi connectivity index (χ1n) is 8.95. The Labute approximate surface area is 185 Å². The molecule has 2 aromatic rings. The lowest BCUT2D eigenvalue weighted by molar-refractivity contribution is -0.121. The fraction of sp³-hybridized carbons (Fsp3) is 0.316. The highest BCUT2D eigenvalue weighted by Gasteiger charge is 2.32. The van der Waals surface area contributed by atoms with Crippen LogP contribution >= 0.6 is 34.8 Å². The van der Waals surface area contributed by atoms with E-state index in [1.54, 1.807) is 31.2 Å². The topological polar surface area (TPSA) is 69.7 Å². The summed E-state index contributed by atoms with van der Waals surface area (Å²) in [5, 5.41) is 3.77. The number of carbonyl (C=O) groups is 1. The van der Waals surface area contributed by atoms with Gasteiger partial charge in [0.1, 0.15) is 0 Å². The van der Waals surface area contributed by atoms with Gasteiger partial charge >= 0.3 is 0 Å². The van der Waals surface area contributed by atoms with Crippen LogP contribution in [0, 0.1) is 0 Å². The molecule has 0 spiro atoms. The number of hydrogen-bond donors (Lipinski definition) is 1. The molecule has 156 valence electrons. The zero-order valence-electron chi connectivity index (χ0n) is 15.6. The predicted molar refractivity (Wildman–Crippen MR) is 116 cm³/mol. The lowest BCUT2D eigenvalue weighted by Gasteiger charge is -2.36. The smallest absolute Gasteiger partial charge is 0.243 e. The lowest BCUT2D eigenvalue weighted by Crippen LogP contribution is -2.53. The van der Waals surface area contributed by atoms with E-state index in [0.29, 0.717) is 28.8 Å². The van der Waals surface area contributed by atoms with E-state index < -0.39 is 16.1 Å². The van der Waals surface area contributed by atoms with E-state index in [2.05, 4.69) is 5.32 Å². The van der Waals surface area contributed by atoms with Crippen molar-refractivity contribution in [3.05, 3.63) is 57.5 Å². The molecule has 2 aromatic carbocycles. The number of benzene rings is 2. The van der Waals surface area contributed by atoms with Crippen LogP contribution in [0.5, 0.6) is 0 Å². The Hall–Kier alpha value is -1.35. The van der Waals surface area contributed by atoms with Crippen molar-refractivity contribution in [2.24, 2.45) is 0 Å². The van der Waals surface area contributed by atoms with Gasteiger partial charge in [-0.15, -0.1) is 0 Å². The minimum absolute atomic E-state index is 0.102. The first kappa shape index (κ1) is 22.3. The molecule has 1 unspecified atom stereocenters. The Morgan fingerprint density at radius 2 is 1.62 bits per heavy atom. The van der Waals surface area contributed by atoms with Crippen molar-refractivity contribution in [1.29, 1.82) is 0 Å². The van der Waals surface area contributed by atoms with Crippen LogP contribution in [0.3, 0.4) is 0 Å². The second-order valence-corrected chi connectivity index (χ2v) is 9.82. The van der Waals surface area contributed by atoms with E-state index in [-0.39, 0.29) is 28.9 Å². The van der Waals surface area contributed by atoms with Gasteiger partial charge in [0.05, 0.1) is 31.7 Å². The number of anilines is 1. The molecule has 1 N–H and O–H groups in total. The van der Waals surface area contributed by atoms with Crippen LogP contribution in [0.1, 0.15) is 6.92 Å².